The molecule has 1 aromatic rings. The Morgan fingerprint density at radius 3 is 2.48 bits per heavy atom. The first-order valence-electron chi connectivity index (χ1n) is 13.6. The van der Waals surface area contributed by atoms with E-state index in [2.05, 4.69) is 56.9 Å². The average Bonchev–Trinajstić information content (AvgIpc) is 2.80. The fourth-order valence-electron chi connectivity index (χ4n) is 4.63. The number of benzene rings is 1. The van der Waals surface area contributed by atoms with Gasteiger partial charge in [-0.1, -0.05) is 65.0 Å². The van der Waals surface area contributed by atoms with Gasteiger partial charge in [0.2, 0.25) is 0 Å². The van der Waals surface area contributed by atoms with Crippen LogP contribution in [0.5, 0.6) is 5.75 Å². The van der Waals surface area contributed by atoms with E-state index in [-0.39, 0.29) is 12.1 Å². The number of esters is 1. The Hall–Kier alpha value is -1.55. The number of piperidine rings is 1. The molecule has 0 amide bonds. The fourth-order valence-corrected chi connectivity index (χ4v) is 4.63. The van der Waals surface area contributed by atoms with Crippen molar-refractivity contribution in [1.29, 1.82) is 0 Å². The normalized spacial score (nSPS) is 17.8. The second-order valence-corrected chi connectivity index (χ2v) is 10.4. The summed E-state index contributed by atoms with van der Waals surface area (Å²) in [4.78, 5) is 14.4. The number of unbranched alkanes of at least 4 members (excludes halogenated alkanes) is 5. The molecule has 0 bridgehead atoms. The van der Waals surface area contributed by atoms with E-state index >= 15 is 0 Å². The summed E-state index contributed by atoms with van der Waals surface area (Å²) in [6, 6.07) is 8.81. The maximum atomic E-state index is 11.8. The first kappa shape index (κ1) is 27.7. The molecule has 0 saturated carbocycles. The lowest BCUT2D eigenvalue weighted by atomic mass is 9.90. The highest BCUT2D eigenvalue weighted by molar-refractivity contribution is 5.69. The molecule has 1 aliphatic rings. The van der Waals surface area contributed by atoms with Gasteiger partial charge in [0.15, 0.2) is 0 Å². The van der Waals surface area contributed by atoms with E-state index in [1.807, 2.05) is 0 Å². The fraction of sp³-hybridized carbons (Fsp3) is 0.759. The van der Waals surface area contributed by atoms with E-state index in [0.717, 1.165) is 38.2 Å². The van der Waals surface area contributed by atoms with Gasteiger partial charge in [-0.25, -0.2) is 0 Å². The number of carbonyl (C=O) groups is 1. The molecule has 0 N–H and O–H groups in total. The highest BCUT2D eigenvalue weighted by Crippen LogP contribution is 2.29. The zero-order valence-electron chi connectivity index (χ0n) is 21.8. The summed E-state index contributed by atoms with van der Waals surface area (Å²) < 4.78 is 11.5. The predicted molar refractivity (Wildman–Crippen MR) is 138 cm³/mol. The molecule has 0 spiro atoms. The predicted octanol–water partition coefficient (Wildman–Crippen LogP) is 7.36. The minimum atomic E-state index is -0.0569. The van der Waals surface area contributed by atoms with Crippen molar-refractivity contribution in [2.24, 2.45) is 5.92 Å². The third-order valence-corrected chi connectivity index (χ3v) is 6.59. The maximum Gasteiger partial charge on any atom is 0.305 e. The largest absolute Gasteiger partial charge is 0.491 e. The second-order valence-electron chi connectivity index (χ2n) is 10.4. The van der Waals surface area contributed by atoms with Crippen molar-refractivity contribution in [3.8, 4) is 5.75 Å². The SMILES string of the molecule is CCCCCCCCC(C)Oc1ccc(C2CCCN(CCCC(=O)OCC(C)C)C2)cc1. The van der Waals surface area contributed by atoms with Crippen molar-refractivity contribution in [3.63, 3.8) is 0 Å². The highest BCUT2D eigenvalue weighted by Gasteiger charge is 2.21. The molecule has 33 heavy (non-hydrogen) atoms. The summed E-state index contributed by atoms with van der Waals surface area (Å²) >= 11 is 0. The van der Waals surface area contributed by atoms with E-state index in [1.165, 1.54) is 56.9 Å². The summed E-state index contributed by atoms with van der Waals surface area (Å²) in [5.41, 5.74) is 1.41. The lowest BCUT2D eigenvalue weighted by Gasteiger charge is -2.33. The van der Waals surface area contributed by atoms with Gasteiger partial charge in [0.05, 0.1) is 12.7 Å². The Balaban J connectivity index is 1.68. The van der Waals surface area contributed by atoms with Crippen molar-refractivity contribution >= 4 is 5.97 Å². The first-order chi connectivity index (χ1) is 16.0. The molecule has 0 aromatic heterocycles. The van der Waals surface area contributed by atoms with Gasteiger partial charge in [-0.05, 0) is 81.6 Å². The van der Waals surface area contributed by atoms with Crippen molar-refractivity contribution in [2.75, 3.05) is 26.2 Å². The van der Waals surface area contributed by atoms with Crippen LogP contribution in [0.4, 0.5) is 0 Å². The number of hydrogen-bond acceptors (Lipinski definition) is 4. The molecule has 4 nitrogen and oxygen atoms in total. The summed E-state index contributed by atoms with van der Waals surface area (Å²) in [5.74, 6) is 1.90. The number of hydrogen-bond donors (Lipinski definition) is 0. The summed E-state index contributed by atoms with van der Waals surface area (Å²) in [6.07, 6.45) is 13.3. The van der Waals surface area contributed by atoms with Gasteiger partial charge in [0.25, 0.3) is 0 Å². The van der Waals surface area contributed by atoms with E-state index in [1.54, 1.807) is 0 Å². The van der Waals surface area contributed by atoms with E-state index in [0.29, 0.717) is 24.9 Å². The number of nitrogens with zero attached hydrogens (tertiary/aromatic N) is 1. The number of rotatable bonds is 16. The van der Waals surface area contributed by atoms with Crippen molar-refractivity contribution < 1.29 is 14.3 Å². The Morgan fingerprint density at radius 1 is 1.03 bits per heavy atom. The van der Waals surface area contributed by atoms with Crippen LogP contribution >= 0.6 is 0 Å². The van der Waals surface area contributed by atoms with Crippen LogP contribution in [-0.2, 0) is 9.53 Å². The third-order valence-electron chi connectivity index (χ3n) is 6.59. The Kier molecular flexibility index (Phi) is 13.5. The molecular weight excluding hydrogens is 410 g/mol. The van der Waals surface area contributed by atoms with Gasteiger partial charge in [-0.3, -0.25) is 4.79 Å². The standard InChI is InChI=1S/C29H49NO3/c1-5-6-7-8-9-10-13-25(4)33-28-18-16-26(17-19-28)27-14-11-20-30(22-27)21-12-15-29(31)32-23-24(2)3/h16-19,24-25,27H,5-15,20-23H2,1-4H3. The monoisotopic (exact) mass is 459 g/mol. The molecule has 2 rings (SSSR count). The molecule has 2 atom stereocenters. The molecular formula is C29H49NO3. The quantitative estimate of drug-likeness (QED) is 0.191. The number of likely N-dealkylation sites (tertiary alicyclic amines) is 1. The second kappa shape index (κ2) is 16.1. The molecule has 1 fully saturated rings. The third kappa shape index (κ3) is 11.9. The summed E-state index contributed by atoms with van der Waals surface area (Å²) in [7, 11) is 0. The Morgan fingerprint density at radius 2 is 1.76 bits per heavy atom. The van der Waals surface area contributed by atoms with Crippen LogP contribution in [0.25, 0.3) is 0 Å². The summed E-state index contributed by atoms with van der Waals surface area (Å²) in [5, 5.41) is 0. The molecule has 0 aliphatic carbocycles. The van der Waals surface area contributed by atoms with Gasteiger partial charge in [0, 0.05) is 13.0 Å². The highest BCUT2D eigenvalue weighted by atomic mass is 16.5. The molecule has 188 valence electrons. The molecule has 2 unspecified atom stereocenters. The molecule has 1 heterocycles. The molecule has 0 radical (unpaired) electrons. The van der Waals surface area contributed by atoms with E-state index in [4.69, 9.17) is 9.47 Å². The first-order valence-corrected chi connectivity index (χ1v) is 13.6. The van der Waals surface area contributed by atoms with Crippen LogP contribution in [0, 0.1) is 5.92 Å². The van der Waals surface area contributed by atoms with Crippen LogP contribution in [0.3, 0.4) is 0 Å². The smallest absolute Gasteiger partial charge is 0.305 e. The van der Waals surface area contributed by atoms with Gasteiger partial charge in [0.1, 0.15) is 5.75 Å². The Bertz CT molecular complexity index is 643. The molecule has 1 saturated heterocycles. The number of carbonyl (C=O) groups excluding carboxylic acids is 1. The minimum absolute atomic E-state index is 0.0569. The van der Waals surface area contributed by atoms with Gasteiger partial charge in [-0.15, -0.1) is 0 Å². The van der Waals surface area contributed by atoms with Crippen LogP contribution in [0.2, 0.25) is 0 Å². The van der Waals surface area contributed by atoms with E-state index < -0.39 is 0 Å². The topological polar surface area (TPSA) is 38.8 Å². The van der Waals surface area contributed by atoms with E-state index in [9.17, 15) is 4.79 Å². The van der Waals surface area contributed by atoms with Crippen LogP contribution in [0.1, 0.15) is 110 Å². The van der Waals surface area contributed by atoms with Crippen LogP contribution in [-0.4, -0.2) is 43.2 Å². The van der Waals surface area contributed by atoms with Crippen LogP contribution in [0.15, 0.2) is 24.3 Å². The van der Waals surface area contributed by atoms with Crippen LogP contribution < -0.4 is 4.74 Å². The zero-order chi connectivity index (χ0) is 23.9. The zero-order valence-corrected chi connectivity index (χ0v) is 21.8. The lowest BCUT2D eigenvalue weighted by molar-refractivity contribution is -0.144. The number of ether oxygens (including phenoxy) is 2. The van der Waals surface area contributed by atoms with Crippen molar-refractivity contribution in [2.45, 2.75) is 110 Å². The van der Waals surface area contributed by atoms with Crippen molar-refractivity contribution in [3.05, 3.63) is 29.8 Å². The molecule has 1 aliphatic heterocycles. The van der Waals surface area contributed by atoms with Gasteiger partial charge < -0.3 is 14.4 Å². The maximum absolute atomic E-state index is 11.8. The molecule has 1 aromatic carbocycles. The Labute approximate surface area is 203 Å². The summed E-state index contributed by atoms with van der Waals surface area (Å²) in [6.45, 7) is 12.3. The molecule has 4 heteroatoms. The van der Waals surface area contributed by atoms with Crippen molar-refractivity contribution in [1.82, 2.24) is 4.90 Å². The van der Waals surface area contributed by atoms with Gasteiger partial charge >= 0.3 is 5.97 Å². The van der Waals surface area contributed by atoms with Gasteiger partial charge in [-0.2, -0.15) is 0 Å². The lowest BCUT2D eigenvalue weighted by Crippen LogP contribution is -2.35. The minimum Gasteiger partial charge on any atom is -0.491 e. The average molecular weight is 460 g/mol.